The van der Waals surface area contributed by atoms with E-state index in [1.807, 2.05) is 20.8 Å². The number of nitrogens with zero attached hydrogens (tertiary/aromatic N) is 4. The minimum atomic E-state index is -0.506. The summed E-state index contributed by atoms with van der Waals surface area (Å²) in [7, 11) is 2.95. The van der Waals surface area contributed by atoms with Gasteiger partial charge in [0.1, 0.15) is 22.1 Å². The van der Waals surface area contributed by atoms with Crippen LogP contribution in [0.5, 0.6) is 0 Å². The second-order valence-corrected chi connectivity index (χ2v) is 9.62. The van der Waals surface area contributed by atoms with Crippen LogP contribution in [0.3, 0.4) is 0 Å². The van der Waals surface area contributed by atoms with Crippen LogP contribution in [0.15, 0.2) is 32.8 Å². The lowest BCUT2D eigenvalue weighted by atomic mass is 9.96. The molecule has 8 nitrogen and oxygen atoms in total. The molecule has 0 fully saturated rings. The van der Waals surface area contributed by atoms with E-state index >= 15 is 0 Å². The molecular weight excluding hydrogens is 433 g/mol. The second-order valence-electron chi connectivity index (χ2n) is 8.66. The first-order valence-corrected chi connectivity index (χ1v) is 11.0. The van der Waals surface area contributed by atoms with Gasteiger partial charge in [-0.05, 0) is 24.1 Å². The Balaban J connectivity index is 1.90. The van der Waals surface area contributed by atoms with Crippen LogP contribution in [-0.4, -0.2) is 30.8 Å². The zero-order valence-electron chi connectivity index (χ0n) is 18.9. The van der Waals surface area contributed by atoms with E-state index in [-0.39, 0.29) is 35.1 Å². The number of fused-ring (bicyclic) bond motifs is 1. The van der Waals surface area contributed by atoms with Crippen molar-refractivity contribution in [2.45, 2.75) is 44.7 Å². The van der Waals surface area contributed by atoms with Gasteiger partial charge < -0.3 is 5.32 Å². The van der Waals surface area contributed by atoms with Crippen LogP contribution in [0.1, 0.15) is 37.7 Å². The molecule has 0 aliphatic rings. The highest BCUT2D eigenvalue weighted by molar-refractivity contribution is 8.00. The van der Waals surface area contributed by atoms with Crippen molar-refractivity contribution in [2.24, 2.45) is 14.1 Å². The number of benzene rings is 1. The number of amides is 1. The third-order valence-electron chi connectivity index (χ3n) is 4.99. The van der Waals surface area contributed by atoms with Crippen LogP contribution < -0.4 is 16.6 Å². The van der Waals surface area contributed by atoms with Crippen LogP contribution in [0.25, 0.3) is 11.0 Å². The zero-order chi connectivity index (χ0) is 23.8. The molecule has 1 amide bonds. The van der Waals surface area contributed by atoms with E-state index in [1.54, 1.807) is 26.1 Å². The predicted molar refractivity (Wildman–Crippen MR) is 122 cm³/mol. The van der Waals surface area contributed by atoms with Crippen molar-refractivity contribution in [1.82, 2.24) is 24.4 Å². The van der Waals surface area contributed by atoms with Gasteiger partial charge >= 0.3 is 5.69 Å². The van der Waals surface area contributed by atoms with Gasteiger partial charge in [0.2, 0.25) is 5.91 Å². The van der Waals surface area contributed by atoms with Crippen molar-refractivity contribution in [3.8, 4) is 0 Å². The van der Waals surface area contributed by atoms with Gasteiger partial charge in [0.15, 0.2) is 5.65 Å². The van der Waals surface area contributed by atoms with Gasteiger partial charge in [-0.25, -0.2) is 19.2 Å². The van der Waals surface area contributed by atoms with E-state index in [1.165, 1.54) is 17.7 Å². The average molecular weight is 460 g/mol. The lowest BCUT2D eigenvalue weighted by molar-refractivity contribution is -0.118. The average Bonchev–Trinajstić information content (AvgIpc) is 2.74. The topological polar surface area (TPSA) is 98.9 Å². The number of hydrogen-bond donors (Lipinski definition) is 1. The first-order valence-electron chi connectivity index (χ1n) is 10.0. The summed E-state index contributed by atoms with van der Waals surface area (Å²) < 4.78 is 15.7. The van der Waals surface area contributed by atoms with Crippen LogP contribution in [-0.2, 0) is 30.8 Å². The number of thioether (sulfide) groups is 1. The fourth-order valence-corrected chi connectivity index (χ4v) is 3.91. The Morgan fingerprint density at radius 1 is 1.16 bits per heavy atom. The molecule has 1 aromatic carbocycles. The maximum atomic E-state index is 13.4. The Labute approximate surface area is 188 Å². The molecule has 0 atom stereocenters. The van der Waals surface area contributed by atoms with Crippen LogP contribution in [0, 0.1) is 12.7 Å². The smallest absolute Gasteiger partial charge is 0.332 e. The molecule has 0 radical (unpaired) electrons. The summed E-state index contributed by atoms with van der Waals surface area (Å²) in [6.07, 6.45) is 0. The molecular formula is C22H26FN5O3S. The lowest BCUT2D eigenvalue weighted by Gasteiger charge is -2.19. The number of aromatic nitrogens is 4. The van der Waals surface area contributed by atoms with Crippen molar-refractivity contribution in [3.63, 3.8) is 0 Å². The molecule has 0 bridgehead atoms. The highest BCUT2D eigenvalue weighted by Gasteiger charge is 2.24. The molecule has 0 unspecified atom stereocenters. The van der Waals surface area contributed by atoms with Crippen LogP contribution in [0.4, 0.5) is 4.39 Å². The molecule has 2 aromatic heterocycles. The quantitative estimate of drug-likeness (QED) is 0.464. The second kappa shape index (κ2) is 8.85. The molecule has 0 aliphatic heterocycles. The van der Waals surface area contributed by atoms with E-state index in [0.29, 0.717) is 16.4 Å². The summed E-state index contributed by atoms with van der Waals surface area (Å²) in [6.45, 7) is 7.71. The Hall–Kier alpha value is -3.01. The summed E-state index contributed by atoms with van der Waals surface area (Å²) in [5.74, 6) is -0.0699. The molecule has 3 aromatic rings. The predicted octanol–water partition coefficient (Wildman–Crippen LogP) is 2.18. The zero-order valence-corrected chi connectivity index (χ0v) is 19.8. The van der Waals surface area contributed by atoms with Gasteiger partial charge in [0.05, 0.1) is 5.75 Å². The van der Waals surface area contributed by atoms with Crippen molar-refractivity contribution < 1.29 is 9.18 Å². The van der Waals surface area contributed by atoms with E-state index in [9.17, 15) is 18.8 Å². The molecule has 170 valence electrons. The van der Waals surface area contributed by atoms with Gasteiger partial charge in [-0.2, -0.15) is 0 Å². The van der Waals surface area contributed by atoms with Crippen molar-refractivity contribution in [3.05, 3.63) is 61.8 Å². The number of rotatable bonds is 5. The van der Waals surface area contributed by atoms with Crippen molar-refractivity contribution in [1.29, 1.82) is 0 Å². The maximum Gasteiger partial charge on any atom is 0.332 e. The first kappa shape index (κ1) is 23.6. The van der Waals surface area contributed by atoms with E-state index in [0.717, 1.165) is 21.9 Å². The summed E-state index contributed by atoms with van der Waals surface area (Å²) in [6, 6.07) is 4.67. The fourth-order valence-electron chi connectivity index (χ4n) is 3.07. The summed E-state index contributed by atoms with van der Waals surface area (Å²) >= 11 is 1.11. The summed E-state index contributed by atoms with van der Waals surface area (Å²) in [5, 5.41) is 3.35. The van der Waals surface area contributed by atoms with Gasteiger partial charge in [-0.3, -0.25) is 18.7 Å². The van der Waals surface area contributed by atoms with Gasteiger partial charge in [0.25, 0.3) is 5.56 Å². The molecule has 3 rings (SSSR count). The molecule has 1 N–H and O–H groups in total. The van der Waals surface area contributed by atoms with Crippen molar-refractivity contribution >= 4 is 28.7 Å². The fraction of sp³-hybridized carbons (Fsp3) is 0.409. The molecule has 2 heterocycles. The number of carbonyl (C=O) groups excluding carboxylic acids is 1. The number of hydrogen-bond acceptors (Lipinski definition) is 6. The molecule has 0 saturated carbocycles. The number of halogens is 1. The maximum absolute atomic E-state index is 13.4. The minimum absolute atomic E-state index is 0.0157. The number of carbonyl (C=O) groups is 1. The van der Waals surface area contributed by atoms with Crippen molar-refractivity contribution in [2.75, 3.05) is 5.75 Å². The molecule has 0 aliphatic carbocycles. The van der Waals surface area contributed by atoms with E-state index < -0.39 is 16.7 Å². The molecule has 32 heavy (non-hydrogen) atoms. The Morgan fingerprint density at radius 3 is 2.47 bits per heavy atom. The van der Waals surface area contributed by atoms with Gasteiger partial charge in [0, 0.05) is 26.1 Å². The highest BCUT2D eigenvalue weighted by atomic mass is 32.2. The normalized spacial score (nSPS) is 11.7. The lowest BCUT2D eigenvalue weighted by Crippen LogP contribution is -2.38. The summed E-state index contributed by atoms with van der Waals surface area (Å²) in [5.41, 5.74) is 0.118. The Morgan fingerprint density at radius 2 is 1.84 bits per heavy atom. The van der Waals surface area contributed by atoms with Gasteiger partial charge in [-0.15, -0.1) is 0 Å². The van der Waals surface area contributed by atoms with Crippen LogP contribution in [0.2, 0.25) is 0 Å². The van der Waals surface area contributed by atoms with E-state index in [2.05, 4.69) is 15.3 Å². The third-order valence-corrected chi connectivity index (χ3v) is 5.97. The minimum Gasteiger partial charge on any atom is -0.351 e. The largest absolute Gasteiger partial charge is 0.351 e. The third kappa shape index (κ3) is 4.74. The van der Waals surface area contributed by atoms with E-state index in [4.69, 9.17) is 0 Å². The highest BCUT2D eigenvalue weighted by Crippen LogP contribution is 2.26. The molecule has 0 saturated heterocycles. The Bertz CT molecular complexity index is 1320. The first-order chi connectivity index (χ1) is 14.9. The number of nitrogens with one attached hydrogen (secondary N) is 1. The SMILES string of the molecule is Cc1cc(CNC(=O)CSc2nc(C(C)(C)C)nc3c2c(=O)n(C)c(=O)n3C)ccc1F. The molecule has 0 spiro atoms. The van der Waals surface area contributed by atoms with Gasteiger partial charge in [-0.1, -0.05) is 44.7 Å². The Kier molecular flexibility index (Phi) is 6.54. The van der Waals surface area contributed by atoms with Crippen LogP contribution >= 0.6 is 11.8 Å². The molecule has 10 heteroatoms. The number of aryl methyl sites for hydroxylation is 2. The standard InChI is InChI=1S/C22H26FN5O3S/c1-12-9-13(7-8-14(12)23)10-24-15(29)11-32-18-16-17(25-20(26-18)22(2,3)4)27(5)21(31)28(6)19(16)30/h7-9H,10-11H2,1-6H3,(H,24,29). The summed E-state index contributed by atoms with van der Waals surface area (Å²) in [4.78, 5) is 46.7. The monoisotopic (exact) mass is 459 g/mol.